The van der Waals surface area contributed by atoms with Gasteiger partial charge in [-0.05, 0) is 72.5 Å². The molecule has 1 saturated heterocycles. The molecule has 2 unspecified atom stereocenters. The Hall–Kier alpha value is -3.85. The highest BCUT2D eigenvalue weighted by atomic mass is 32.2. The number of hydrogen-bond donors (Lipinski definition) is 2. The van der Waals surface area contributed by atoms with Crippen LogP contribution >= 0.6 is 11.8 Å². The number of nitrogens with one attached hydrogen (secondary N) is 1. The first-order valence-corrected chi connectivity index (χ1v) is 14.5. The third kappa shape index (κ3) is 6.20. The van der Waals surface area contributed by atoms with Crippen LogP contribution < -0.4 is 5.32 Å². The molecule has 232 valence electrons. The second-order valence-electron chi connectivity index (χ2n) is 11.0. The third-order valence-electron chi connectivity index (χ3n) is 7.80. The highest BCUT2D eigenvalue weighted by Gasteiger charge is 2.40. The van der Waals surface area contributed by atoms with Crippen molar-refractivity contribution in [3.63, 3.8) is 0 Å². The van der Waals surface area contributed by atoms with Crippen molar-refractivity contribution in [1.82, 2.24) is 20.0 Å². The summed E-state index contributed by atoms with van der Waals surface area (Å²) in [5.74, 6) is -0.410. The molecule has 0 radical (unpaired) electrons. The Kier molecular flexibility index (Phi) is 7.72. The number of halogens is 6. The van der Waals surface area contributed by atoms with E-state index in [0.29, 0.717) is 45.6 Å². The minimum Gasteiger partial charge on any atom is -0.394 e. The van der Waals surface area contributed by atoms with Gasteiger partial charge >= 0.3 is 12.4 Å². The van der Waals surface area contributed by atoms with Crippen LogP contribution in [0.5, 0.6) is 0 Å². The predicted molar refractivity (Wildman–Crippen MR) is 150 cm³/mol. The summed E-state index contributed by atoms with van der Waals surface area (Å²) >= 11 is 1.14. The second-order valence-corrected chi connectivity index (χ2v) is 12.0. The fourth-order valence-electron chi connectivity index (χ4n) is 5.40. The summed E-state index contributed by atoms with van der Waals surface area (Å²) in [4.78, 5) is 31.3. The van der Waals surface area contributed by atoms with Gasteiger partial charge in [0.25, 0.3) is 5.91 Å². The van der Waals surface area contributed by atoms with E-state index < -0.39 is 35.9 Å². The Bertz CT molecular complexity index is 1690. The summed E-state index contributed by atoms with van der Waals surface area (Å²) in [5, 5.41) is 18.0. The topological polar surface area (TPSA) is 99.8 Å². The van der Waals surface area contributed by atoms with Gasteiger partial charge in [0.1, 0.15) is 0 Å². The van der Waals surface area contributed by atoms with Crippen molar-refractivity contribution >= 4 is 45.7 Å². The molecule has 6 rings (SSSR count). The van der Waals surface area contributed by atoms with E-state index in [4.69, 9.17) is 0 Å². The smallest absolute Gasteiger partial charge is 0.394 e. The van der Waals surface area contributed by atoms with E-state index in [0.717, 1.165) is 30.7 Å². The van der Waals surface area contributed by atoms with Crippen LogP contribution in [-0.4, -0.2) is 62.0 Å². The number of carbonyl (C=O) groups excluding carboxylic acids is 2. The lowest BCUT2D eigenvalue weighted by Gasteiger charge is -2.23. The van der Waals surface area contributed by atoms with Crippen molar-refractivity contribution in [2.45, 2.75) is 50.2 Å². The van der Waals surface area contributed by atoms with E-state index in [1.807, 2.05) is 4.90 Å². The van der Waals surface area contributed by atoms with Crippen LogP contribution in [0.3, 0.4) is 0 Å². The zero-order valence-electron chi connectivity index (χ0n) is 22.8. The number of amidine groups is 1. The molecule has 2 aliphatic heterocycles. The van der Waals surface area contributed by atoms with Crippen molar-refractivity contribution in [2.75, 3.05) is 13.2 Å². The number of rotatable bonds is 6. The zero-order valence-corrected chi connectivity index (χ0v) is 23.6. The van der Waals surface area contributed by atoms with E-state index in [1.54, 1.807) is 24.3 Å². The molecule has 0 spiro atoms. The number of likely N-dealkylation sites (tertiary alicyclic amines) is 1. The first kappa shape index (κ1) is 30.2. The lowest BCUT2D eigenvalue weighted by Crippen LogP contribution is -2.39. The van der Waals surface area contributed by atoms with Crippen molar-refractivity contribution < 1.29 is 41.0 Å². The number of carbonyl (C=O) groups is 2. The van der Waals surface area contributed by atoms with Gasteiger partial charge in [0.15, 0.2) is 5.17 Å². The molecule has 8 nitrogen and oxygen atoms in total. The summed E-state index contributed by atoms with van der Waals surface area (Å²) in [6, 6.07) is 5.99. The maximum Gasteiger partial charge on any atom is 0.416 e. The highest BCUT2D eigenvalue weighted by Crippen LogP contribution is 2.38. The quantitative estimate of drug-likeness (QED) is 0.290. The van der Waals surface area contributed by atoms with Gasteiger partial charge in [-0.2, -0.15) is 36.4 Å². The van der Waals surface area contributed by atoms with Gasteiger partial charge in [-0.3, -0.25) is 14.3 Å². The lowest BCUT2D eigenvalue weighted by atomic mass is 10.0. The monoisotopic (exact) mass is 637 g/mol. The molecule has 15 heteroatoms. The summed E-state index contributed by atoms with van der Waals surface area (Å²) in [5.41, 5.74) is -2.09. The summed E-state index contributed by atoms with van der Waals surface area (Å²) in [6.45, 7) is -0.164. The SMILES string of the molecule is O=C1N=C(N2CC(NC(=O)C3CC3)CC2CO)SC1=Cc1ccc2c(cnn2Cc2ccc(C(F)(F)F)cc2C(F)(F)F)c1. The minimum atomic E-state index is -5.00. The minimum absolute atomic E-state index is 0.00471. The maximum absolute atomic E-state index is 13.6. The van der Waals surface area contributed by atoms with Crippen LogP contribution in [0, 0.1) is 5.92 Å². The van der Waals surface area contributed by atoms with E-state index in [2.05, 4.69) is 15.4 Å². The number of benzene rings is 2. The fraction of sp³-hybridized carbons (Fsp3) is 0.379. The van der Waals surface area contributed by atoms with Gasteiger partial charge in [-0.1, -0.05) is 12.1 Å². The lowest BCUT2D eigenvalue weighted by molar-refractivity contribution is -0.143. The Morgan fingerprint density at radius 2 is 1.86 bits per heavy atom. The predicted octanol–water partition coefficient (Wildman–Crippen LogP) is 5.05. The number of alkyl halides is 6. The van der Waals surface area contributed by atoms with Crippen LogP contribution in [0.4, 0.5) is 26.3 Å². The number of nitrogens with zero attached hydrogens (tertiary/aromatic N) is 4. The van der Waals surface area contributed by atoms with Gasteiger partial charge in [0, 0.05) is 23.9 Å². The Morgan fingerprint density at radius 3 is 2.55 bits per heavy atom. The molecule has 1 aromatic heterocycles. The van der Waals surface area contributed by atoms with Crippen LogP contribution in [0.25, 0.3) is 17.0 Å². The van der Waals surface area contributed by atoms with Crippen molar-refractivity contribution in [1.29, 1.82) is 0 Å². The normalized spacial score (nSPS) is 21.9. The number of thioether (sulfide) groups is 1. The molecular formula is C29H25F6N5O3S. The molecule has 1 saturated carbocycles. The average molecular weight is 638 g/mol. The van der Waals surface area contributed by atoms with Crippen LogP contribution in [0.2, 0.25) is 0 Å². The number of amides is 2. The van der Waals surface area contributed by atoms with Gasteiger partial charge in [-0.25, -0.2) is 0 Å². The number of aliphatic hydroxyl groups excluding tert-OH is 1. The van der Waals surface area contributed by atoms with Crippen molar-refractivity contribution in [2.24, 2.45) is 10.9 Å². The molecule has 2 N–H and O–H groups in total. The molecule has 3 heterocycles. The van der Waals surface area contributed by atoms with Gasteiger partial charge in [-0.15, -0.1) is 0 Å². The van der Waals surface area contributed by atoms with Gasteiger partial charge in [0.05, 0.1) is 46.9 Å². The molecule has 2 fully saturated rings. The number of aliphatic hydroxyl groups is 1. The van der Waals surface area contributed by atoms with Crippen molar-refractivity contribution in [3.05, 3.63) is 69.8 Å². The first-order valence-electron chi connectivity index (χ1n) is 13.7. The van der Waals surface area contributed by atoms with Crippen LogP contribution in [0.1, 0.15) is 41.5 Å². The van der Waals surface area contributed by atoms with Crippen molar-refractivity contribution in [3.8, 4) is 0 Å². The van der Waals surface area contributed by atoms with Crippen LogP contribution in [-0.2, 0) is 28.5 Å². The molecule has 3 aromatic rings. The van der Waals surface area contributed by atoms with E-state index in [9.17, 15) is 41.0 Å². The zero-order chi connectivity index (χ0) is 31.4. The van der Waals surface area contributed by atoms with Crippen LogP contribution in [0.15, 0.2) is 52.5 Å². The molecule has 1 aliphatic carbocycles. The number of fused-ring (bicyclic) bond motifs is 1. The maximum atomic E-state index is 13.6. The molecule has 2 atom stereocenters. The third-order valence-corrected chi connectivity index (χ3v) is 8.82. The van der Waals surface area contributed by atoms with E-state index >= 15 is 0 Å². The molecule has 44 heavy (non-hydrogen) atoms. The average Bonchev–Trinajstić information content (AvgIpc) is 3.49. The van der Waals surface area contributed by atoms with E-state index in [-0.39, 0.29) is 42.1 Å². The summed E-state index contributed by atoms with van der Waals surface area (Å²) < 4.78 is 81.3. The Balaban J connectivity index is 1.18. The van der Waals surface area contributed by atoms with Gasteiger partial charge < -0.3 is 15.3 Å². The molecular weight excluding hydrogens is 612 g/mol. The number of hydrogen-bond acceptors (Lipinski definition) is 6. The first-order chi connectivity index (χ1) is 20.8. The fourth-order valence-corrected chi connectivity index (χ4v) is 6.40. The van der Waals surface area contributed by atoms with Gasteiger partial charge in [0.2, 0.25) is 5.91 Å². The number of aromatic nitrogens is 2. The summed E-state index contributed by atoms with van der Waals surface area (Å²) in [7, 11) is 0. The largest absolute Gasteiger partial charge is 0.416 e. The molecule has 3 aliphatic rings. The number of aliphatic imine (C=N–C) groups is 1. The molecule has 2 amide bonds. The Morgan fingerprint density at radius 1 is 1.09 bits per heavy atom. The standard InChI is InChI=1S/C29H25F6N5O3S/c30-28(31,32)19-5-4-17(22(9-19)29(33,34)35)12-40-23-6-1-15(7-18(23)11-36-40)8-24-26(43)38-27(44-24)39-13-20(10-21(39)14-41)37-25(42)16-2-3-16/h1,4-9,11,16,20-21,41H,2-3,10,12-14H2,(H,37,42). The Labute approximate surface area is 250 Å². The second kappa shape index (κ2) is 11.3. The summed E-state index contributed by atoms with van der Waals surface area (Å²) in [6.07, 6.45) is -4.59. The molecule has 0 bridgehead atoms. The highest BCUT2D eigenvalue weighted by molar-refractivity contribution is 8.18. The molecule has 2 aromatic carbocycles. The van der Waals surface area contributed by atoms with E-state index in [1.165, 1.54) is 10.9 Å².